The molecule has 0 heterocycles. The second-order valence-corrected chi connectivity index (χ2v) is 4.31. The first kappa shape index (κ1) is 12.9. The number of halogens is 1. The molecule has 1 aromatic carbocycles. The van der Waals surface area contributed by atoms with Crippen LogP contribution >= 0.6 is 11.6 Å². The SMILES string of the molecule is CN(C)CCCc1c(Cl)cccc1[N+](=O)[O-]. The van der Waals surface area contributed by atoms with Crippen LogP contribution in [0.25, 0.3) is 0 Å². The third kappa shape index (κ3) is 3.47. The molecule has 0 atom stereocenters. The fourth-order valence-electron chi connectivity index (χ4n) is 1.54. The van der Waals surface area contributed by atoms with Gasteiger partial charge in [-0.25, -0.2) is 0 Å². The summed E-state index contributed by atoms with van der Waals surface area (Å²) in [5, 5.41) is 11.3. The zero-order valence-electron chi connectivity index (χ0n) is 9.44. The van der Waals surface area contributed by atoms with Gasteiger partial charge < -0.3 is 4.90 Å². The van der Waals surface area contributed by atoms with Crippen molar-refractivity contribution in [2.45, 2.75) is 12.8 Å². The Morgan fingerprint density at radius 2 is 2.12 bits per heavy atom. The number of hydrogen-bond acceptors (Lipinski definition) is 3. The highest BCUT2D eigenvalue weighted by molar-refractivity contribution is 6.31. The summed E-state index contributed by atoms with van der Waals surface area (Å²) in [7, 11) is 3.95. The van der Waals surface area contributed by atoms with E-state index < -0.39 is 0 Å². The number of hydrogen-bond donors (Lipinski definition) is 0. The van der Waals surface area contributed by atoms with E-state index in [0.717, 1.165) is 13.0 Å². The van der Waals surface area contributed by atoms with Gasteiger partial charge in [-0.3, -0.25) is 10.1 Å². The van der Waals surface area contributed by atoms with Gasteiger partial charge in [0.1, 0.15) is 0 Å². The fourth-order valence-corrected chi connectivity index (χ4v) is 1.80. The van der Waals surface area contributed by atoms with Crippen molar-refractivity contribution in [3.63, 3.8) is 0 Å². The van der Waals surface area contributed by atoms with Crippen LogP contribution in [0.3, 0.4) is 0 Å². The lowest BCUT2D eigenvalue weighted by Crippen LogP contribution is -2.13. The molecule has 0 aliphatic carbocycles. The van der Waals surface area contributed by atoms with Crippen LogP contribution in [-0.4, -0.2) is 30.5 Å². The van der Waals surface area contributed by atoms with E-state index in [4.69, 9.17) is 11.6 Å². The molecule has 1 rings (SSSR count). The van der Waals surface area contributed by atoms with Crippen molar-refractivity contribution in [3.8, 4) is 0 Å². The standard InChI is InChI=1S/C11H15ClN2O2/c1-13(2)8-4-5-9-10(12)6-3-7-11(9)14(15)16/h3,6-7H,4-5,8H2,1-2H3. The zero-order valence-corrected chi connectivity index (χ0v) is 10.2. The third-order valence-electron chi connectivity index (χ3n) is 2.32. The second-order valence-electron chi connectivity index (χ2n) is 3.90. The van der Waals surface area contributed by atoms with Crippen LogP contribution in [0.1, 0.15) is 12.0 Å². The Balaban J connectivity index is 2.80. The topological polar surface area (TPSA) is 46.4 Å². The molecule has 0 amide bonds. The summed E-state index contributed by atoms with van der Waals surface area (Å²) in [5.41, 5.74) is 0.752. The maximum atomic E-state index is 10.8. The fraction of sp³-hybridized carbons (Fsp3) is 0.455. The van der Waals surface area contributed by atoms with Crippen molar-refractivity contribution < 1.29 is 4.92 Å². The van der Waals surface area contributed by atoms with E-state index >= 15 is 0 Å². The van der Waals surface area contributed by atoms with Crippen LogP contribution in [0.15, 0.2) is 18.2 Å². The Kier molecular flexibility index (Phi) is 4.71. The van der Waals surface area contributed by atoms with Crippen LogP contribution in [0, 0.1) is 10.1 Å². The van der Waals surface area contributed by atoms with Crippen molar-refractivity contribution in [1.82, 2.24) is 4.90 Å². The van der Waals surface area contributed by atoms with Gasteiger partial charge in [-0.2, -0.15) is 0 Å². The number of nitro benzene ring substituents is 1. The van der Waals surface area contributed by atoms with Crippen LogP contribution in [0.2, 0.25) is 5.02 Å². The van der Waals surface area contributed by atoms with Crippen LogP contribution in [-0.2, 0) is 6.42 Å². The van der Waals surface area contributed by atoms with Gasteiger partial charge in [0.25, 0.3) is 5.69 Å². The van der Waals surface area contributed by atoms with Crippen molar-refractivity contribution in [2.24, 2.45) is 0 Å². The average molecular weight is 243 g/mol. The lowest BCUT2D eigenvalue weighted by molar-refractivity contribution is -0.385. The van der Waals surface area contributed by atoms with Gasteiger partial charge in [0.2, 0.25) is 0 Å². The molecule has 0 saturated carbocycles. The maximum Gasteiger partial charge on any atom is 0.274 e. The molecule has 0 fully saturated rings. The van der Waals surface area contributed by atoms with Crippen LogP contribution in [0.4, 0.5) is 5.69 Å². The molecule has 0 saturated heterocycles. The molecule has 0 unspecified atom stereocenters. The maximum absolute atomic E-state index is 10.8. The molecular weight excluding hydrogens is 228 g/mol. The normalized spacial score (nSPS) is 10.8. The summed E-state index contributed by atoms with van der Waals surface area (Å²) in [6, 6.07) is 4.80. The molecule has 0 spiro atoms. The van der Waals surface area contributed by atoms with Crippen molar-refractivity contribution in [3.05, 3.63) is 38.9 Å². The van der Waals surface area contributed by atoms with Gasteiger partial charge in [-0.1, -0.05) is 17.7 Å². The van der Waals surface area contributed by atoms with Crippen molar-refractivity contribution >= 4 is 17.3 Å². The minimum atomic E-state index is -0.378. The monoisotopic (exact) mass is 242 g/mol. The highest BCUT2D eigenvalue weighted by Crippen LogP contribution is 2.27. The minimum Gasteiger partial charge on any atom is -0.309 e. The van der Waals surface area contributed by atoms with E-state index in [9.17, 15) is 10.1 Å². The third-order valence-corrected chi connectivity index (χ3v) is 2.68. The molecule has 0 radical (unpaired) electrons. The highest BCUT2D eigenvalue weighted by atomic mass is 35.5. The number of nitro groups is 1. The van der Waals surface area contributed by atoms with E-state index in [1.165, 1.54) is 6.07 Å². The predicted molar refractivity (Wildman–Crippen MR) is 65.0 cm³/mol. The lowest BCUT2D eigenvalue weighted by Gasteiger charge is -2.09. The molecular formula is C11H15ClN2O2. The molecule has 1 aromatic rings. The molecule has 5 heteroatoms. The molecule has 0 aliphatic rings. The quantitative estimate of drug-likeness (QED) is 0.589. The number of nitrogens with zero attached hydrogens (tertiary/aromatic N) is 2. The van der Waals surface area contributed by atoms with E-state index in [0.29, 0.717) is 17.0 Å². The van der Waals surface area contributed by atoms with E-state index in [1.807, 2.05) is 19.0 Å². The van der Waals surface area contributed by atoms with Crippen LogP contribution in [0.5, 0.6) is 0 Å². The largest absolute Gasteiger partial charge is 0.309 e. The van der Waals surface area contributed by atoms with E-state index in [-0.39, 0.29) is 10.6 Å². The summed E-state index contributed by atoms with van der Waals surface area (Å²) in [6.45, 7) is 0.891. The summed E-state index contributed by atoms with van der Waals surface area (Å²) < 4.78 is 0. The van der Waals surface area contributed by atoms with Gasteiger partial charge >= 0.3 is 0 Å². The van der Waals surface area contributed by atoms with Gasteiger partial charge in [-0.05, 0) is 39.5 Å². The second kappa shape index (κ2) is 5.82. The Morgan fingerprint density at radius 1 is 1.44 bits per heavy atom. The number of benzene rings is 1. The zero-order chi connectivity index (χ0) is 12.1. The molecule has 16 heavy (non-hydrogen) atoms. The average Bonchev–Trinajstić information content (AvgIpc) is 2.19. The van der Waals surface area contributed by atoms with E-state index in [2.05, 4.69) is 0 Å². The molecule has 4 nitrogen and oxygen atoms in total. The molecule has 88 valence electrons. The Hall–Kier alpha value is -1.13. The van der Waals surface area contributed by atoms with Gasteiger partial charge in [-0.15, -0.1) is 0 Å². The first-order valence-corrected chi connectivity index (χ1v) is 5.46. The van der Waals surface area contributed by atoms with Gasteiger partial charge in [0.15, 0.2) is 0 Å². The van der Waals surface area contributed by atoms with E-state index in [1.54, 1.807) is 12.1 Å². The highest BCUT2D eigenvalue weighted by Gasteiger charge is 2.15. The molecule has 0 bridgehead atoms. The Morgan fingerprint density at radius 3 is 2.69 bits per heavy atom. The minimum absolute atomic E-state index is 0.117. The summed E-state index contributed by atoms with van der Waals surface area (Å²) >= 11 is 5.97. The summed E-state index contributed by atoms with van der Waals surface area (Å²) in [6.07, 6.45) is 1.49. The summed E-state index contributed by atoms with van der Waals surface area (Å²) in [5.74, 6) is 0. The first-order valence-electron chi connectivity index (χ1n) is 5.09. The van der Waals surface area contributed by atoms with Gasteiger partial charge in [0, 0.05) is 11.6 Å². The first-order chi connectivity index (χ1) is 7.52. The van der Waals surface area contributed by atoms with Gasteiger partial charge in [0.05, 0.1) is 9.95 Å². The van der Waals surface area contributed by atoms with Crippen LogP contribution < -0.4 is 0 Å². The molecule has 0 aliphatic heterocycles. The smallest absolute Gasteiger partial charge is 0.274 e. The predicted octanol–water partition coefficient (Wildman–Crippen LogP) is 2.74. The Labute approximate surface area is 100.0 Å². The summed E-state index contributed by atoms with van der Waals surface area (Å²) in [4.78, 5) is 12.5. The lowest BCUT2D eigenvalue weighted by atomic mass is 10.1. The van der Waals surface area contributed by atoms with Crippen molar-refractivity contribution in [1.29, 1.82) is 0 Å². The Bertz CT molecular complexity index is 380. The van der Waals surface area contributed by atoms with Crippen molar-refractivity contribution in [2.75, 3.05) is 20.6 Å². The molecule has 0 N–H and O–H groups in total. The molecule has 0 aromatic heterocycles. The number of rotatable bonds is 5.